The van der Waals surface area contributed by atoms with Crippen molar-refractivity contribution in [2.24, 2.45) is 0 Å². The summed E-state index contributed by atoms with van der Waals surface area (Å²) in [5.41, 5.74) is 0.852. The number of ether oxygens (including phenoxy) is 1. The molecule has 0 atom stereocenters. The Bertz CT molecular complexity index is 829. The van der Waals surface area contributed by atoms with Gasteiger partial charge in [-0.3, -0.25) is 9.48 Å². The summed E-state index contributed by atoms with van der Waals surface area (Å²) in [5, 5.41) is 7.25. The van der Waals surface area contributed by atoms with Crippen molar-refractivity contribution in [3.63, 3.8) is 0 Å². The van der Waals surface area contributed by atoms with Crippen molar-refractivity contribution in [1.82, 2.24) is 9.78 Å². The van der Waals surface area contributed by atoms with E-state index < -0.39 is 0 Å². The van der Waals surface area contributed by atoms with Crippen LogP contribution in [0.25, 0.3) is 0 Å². The van der Waals surface area contributed by atoms with Crippen LogP contribution in [-0.4, -0.2) is 15.7 Å². The van der Waals surface area contributed by atoms with E-state index in [0.717, 1.165) is 5.75 Å². The lowest BCUT2D eigenvalue weighted by atomic mass is 10.3. The molecule has 0 radical (unpaired) electrons. The molecule has 0 saturated heterocycles. The lowest BCUT2D eigenvalue weighted by Crippen LogP contribution is -2.13. The summed E-state index contributed by atoms with van der Waals surface area (Å²) in [6.45, 7) is 2.58. The van der Waals surface area contributed by atoms with Crippen LogP contribution in [0.5, 0.6) is 11.5 Å². The molecule has 0 unspecified atom stereocenters. The van der Waals surface area contributed by atoms with Crippen LogP contribution >= 0.6 is 11.6 Å². The first-order chi connectivity index (χ1) is 11.7. The zero-order chi connectivity index (χ0) is 16.9. The number of benzene rings is 2. The van der Waals surface area contributed by atoms with E-state index >= 15 is 0 Å². The molecule has 0 fully saturated rings. The largest absolute Gasteiger partial charge is 0.457 e. The molecule has 1 N–H and O–H groups in total. The highest BCUT2D eigenvalue weighted by Gasteiger charge is 2.15. The fourth-order valence-electron chi connectivity index (χ4n) is 2.13. The maximum Gasteiger partial charge on any atom is 0.277 e. The summed E-state index contributed by atoms with van der Waals surface area (Å²) in [6, 6.07) is 16.6. The number of carbonyl (C=O) groups is 1. The van der Waals surface area contributed by atoms with Crippen LogP contribution in [0.15, 0.2) is 60.8 Å². The molecule has 3 rings (SSSR count). The van der Waals surface area contributed by atoms with Crippen LogP contribution in [0.1, 0.15) is 17.4 Å². The third-order valence-corrected chi connectivity index (χ3v) is 3.62. The second-order valence-corrected chi connectivity index (χ2v) is 5.48. The van der Waals surface area contributed by atoms with Crippen molar-refractivity contribution < 1.29 is 9.53 Å². The standard InChI is InChI=1S/C18H16ClN3O2/c1-2-22-12-16(19)17(21-22)18(23)20-13-8-10-15(11-9-13)24-14-6-4-3-5-7-14/h3-12H,2H2,1H3,(H,20,23). The monoisotopic (exact) mass is 341 g/mol. The number of aromatic nitrogens is 2. The van der Waals surface area contributed by atoms with Gasteiger partial charge in [-0.2, -0.15) is 5.10 Å². The van der Waals surface area contributed by atoms with Gasteiger partial charge in [-0.1, -0.05) is 29.8 Å². The van der Waals surface area contributed by atoms with Gasteiger partial charge in [0.2, 0.25) is 0 Å². The van der Waals surface area contributed by atoms with Gasteiger partial charge in [0.25, 0.3) is 5.91 Å². The summed E-state index contributed by atoms with van der Waals surface area (Å²) < 4.78 is 7.33. The smallest absolute Gasteiger partial charge is 0.277 e. The van der Waals surface area contributed by atoms with Gasteiger partial charge < -0.3 is 10.1 Å². The molecule has 2 aromatic carbocycles. The second kappa shape index (κ2) is 7.19. The summed E-state index contributed by atoms with van der Waals surface area (Å²) in [6.07, 6.45) is 1.63. The van der Waals surface area contributed by atoms with Crippen LogP contribution in [0, 0.1) is 0 Å². The molecular formula is C18H16ClN3O2. The van der Waals surface area contributed by atoms with Gasteiger partial charge in [0.05, 0.1) is 5.02 Å². The van der Waals surface area contributed by atoms with Gasteiger partial charge in [0, 0.05) is 18.4 Å². The maximum absolute atomic E-state index is 12.2. The molecule has 1 aromatic heterocycles. The predicted molar refractivity (Wildman–Crippen MR) is 93.8 cm³/mol. The number of anilines is 1. The van der Waals surface area contributed by atoms with E-state index in [2.05, 4.69) is 10.4 Å². The number of halogens is 1. The lowest BCUT2D eigenvalue weighted by Gasteiger charge is -2.07. The van der Waals surface area contributed by atoms with Crippen LogP contribution in [0.4, 0.5) is 5.69 Å². The van der Waals surface area contributed by atoms with Crippen molar-refractivity contribution in [1.29, 1.82) is 0 Å². The van der Waals surface area contributed by atoms with Crippen molar-refractivity contribution in [2.45, 2.75) is 13.5 Å². The number of rotatable bonds is 5. The third kappa shape index (κ3) is 3.75. The Labute approximate surface area is 144 Å². The van der Waals surface area contributed by atoms with Gasteiger partial charge in [0.15, 0.2) is 5.69 Å². The molecule has 0 spiro atoms. The molecule has 0 aliphatic rings. The first kappa shape index (κ1) is 16.1. The summed E-state index contributed by atoms with van der Waals surface area (Å²) in [4.78, 5) is 12.2. The van der Waals surface area contributed by atoms with Gasteiger partial charge in [-0.25, -0.2) is 0 Å². The molecule has 0 saturated carbocycles. The molecule has 122 valence electrons. The Morgan fingerprint density at radius 3 is 2.42 bits per heavy atom. The Morgan fingerprint density at radius 1 is 1.12 bits per heavy atom. The predicted octanol–water partition coefficient (Wildman–Crippen LogP) is 4.60. The number of nitrogens with zero attached hydrogens (tertiary/aromatic N) is 2. The quantitative estimate of drug-likeness (QED) is 0.737. The number of carbonyl (C=O) groups excluding carboxylic acids is 1. The minimum Gasteiger partial charge on any atom is -0.457 e. The molecular weight excluding hydrogens is 326 g/mol. The number of amides is 1. The Hall–Kier alpha value is -2.79. The van der Waals surface area contributed by atoms with E-state index in [9.17, 15) is 4.79 Å². The average molecular weight is 342 g/mol. The highest BCUT2D eigenvalue weighted by Crippen LogP contribution is 2.23. The number of nitrogens with one attached hydrogen (secondary N) is 1. The van der Waals surface area contributed by atoms with Gasteiger partial charge in [-0.05, 0) is 43.3 Å². The van der Waals surface area contributed by atoms with E-state index in [0.29, 0.717) is 23.0 Å². The summed E-state index contributed by atoms with van der Waals surface area (Å²) in [5.74, 6) is 1.10. The SMILES string of the molecule is CCn1cc(Cl)c(C(=O)Nc2ccc(Oc3ccccc3)cc2)n1. The average Bonchev–Trinajstić information content (AvgIpc) is 2.99. The normalized spacial score (nSPS) is 10.4. The highest BCUT2D eigenvalue weighted by atomic mass is 35.5. The first-order valence-electron chi connectivity index (χ1n) is 7.53. The number of hydrogen-bond acceptors (Lipinski definition) is 3. The zero-order valence-corrected chi connectivity index (χ0v) is 13.8. The molecule has 3 aromatic rings. The molecule has 1 amide bonds. The van der Waals surface area contributed by atoms with E-state index in [-0.39, 0.29) is 11.6 Å². The fraction of sp³-hybridized carbons (Fsp3) is 0.111. The number of aryl methyl sites for hydroxylation is 1. The molecule has 0 aliphatic carbocycles. The van der Waals surface area contributed by atoms with E-state index in [1.54, 1.807) is 35.1 Å². The number of hydrogen-bond donors (Lipinski definition) is 1. The molecule has 5 nitrogen and oxygen atoms in total. The Balaban J connectivity index is 1.67. The molecule has 0 aliphatic heterocycles. The molecule has 1 heterocycles. The van der Waals surface area contributed by atoms with Crippen LogP contribution in [-0.2, 0) is 6.54 Å². The van der Waals surface area contributed by atoms with E-state index in [1.165, 1.54) is 0 Å². The second-order valence-electron chi connectivity index (χ2n) is 5.07. The molecule has 0 bridgehead atoms. The van der Waals surface area contributed by atoms with Crippen LogP contribution < -0.4 is 10.1 Å². The van der Waals surface area contributed by atoms with E-state index in [4.69, 9.17) is 16.3 Å². The van der Waals surface area contributed by atoms with Crippen molar-refractivity contribution >= 4 is 23.2 Å². The zero-order valence-electron chi connectivity index (χ0n) is 13.1. The summed E-state index contributed by atoms with van der Waals surface area (Å²) >= 11 is 6.04. The highest BCUT2D eigenvalue weighted by molar-refractivity contribution is 6.34. The summed E-state index contributed by atoms with van der Waals surface area (Å²) in [7, 11) is 0. The molecule has 6 heteroatoms. The molecule has 24 heavy (non-hydrogen) atoms. The van der Waals surface area contributed by atoms with Crippen molar-refractivity contribution in [2.75, 3.05) is 5.32 Å². The maximum atomic E-state index is 12.2. The van der Waals surface area contributed by atoms with Crippen LogP contribution in [0.3, 0.4) is 0 Å². The number of para-hydroxylation sites is 1. The minimum atomic E-state index is -0.344. The van der Waals surface area contributed by atoms with Gasteiger partial charge >= 0.3 is 0 Å². The van der Waals surface area contributed by atoms with Crippen molar-refractivity contribution in [3.8, 4) is 11.5 Å². The fourth-order valence-corrected chi connectivity index (χ4v) is 2.37. The topological polar surface area (TPSA) is 56.2 Å². The Morgan fingerprint density at radius 2 is 1.79 bits per heavy atom. The third-order valence-electron chi connectivity index (χ3n) is 3.35. The van der Waals surface area contributed by atoms with Crippen LogP contribution in [0.2, 0.25) is 5.02 Å². The van der Waals surface area contributed by atoms with Crippen molar-refractivity contribution in [3.05, 3.63) is 71.5 Å². The van der Waals surface area contributed by atoms with Gasteiger partial charge in [0.1, 0.15) is 11.5 Å². The lowest BCUT2D eigenvalue weighted by molar-refractivity contribution is 0.102. The van der Waals surface area contributed by atoms with E-state index in [1.807, 2.05) is 37.3 Å². The Kier molecular flexibility index (Phi) is 4.82. The minimum absolute atomic E-state index is 0.211. The first-order valence-corrected chi connectivity index (χ1v) is 7.91. The van der Waals surface area contributed by atoms with Gasteiger partial charge in [-0.15, -0.1) is 0 Å².